The van der Waals surface area contributed by atoms with E-state index in [4.69, 9.17) is 14.3 Å². The molecule has 7 nitrogen and oxygen atoms in total. The van der Waals surface area contributed by atoms with Crippen molar-refractivity contribution in [2.75, 3.05) is 26.1 Å². The highest BCUT2D eigenvalue weighted by Gasteiger charge is 2.10. The second-order valence-corrected chi connectivity index (χ2v) is 5.07. The van der Waals surface area contributed by atoms with Crippen molar-refractivity contribution < 1.29 is 32.6 Å². The Kier molecular flexibility index (Phi) is 7.36. The van der Waals surface area contributed by atoms with Gasteiger partial charge in [0.2, 0.25) is 0 Å². The van der Waals surface area contributed by atoms with E-state index in [1.165, 1.54) is 31.5 Å². The Morgan fingerprint density at radius 3 is 2.48 bits per heavy atom. The molecule has 0 fully saturated rings. The molecule has 0 aromatic heterocycles. The van der Waals surface area contributed by atoms with E-state index in [-0.39, 0.29) is 18.1 Å². The Balaban J connectivity index is 1.84. The van der Waals surface area contributed by atoms with Crippen LogP contribution < -0.4 is 19.5 Å². The average molecular weight is 380 g/mol. The van der Waals surface area contributed by atoms with Crippen LogP contribution >= 0.6 is 0 Å². The van der Waals surface area contributed by atoms with Crippen LogP contribution in [-0.4, -0.2) is 39.6 Å². The summed E-state index contributed by atoms with van der Waals surface area (Å²) in [5.41, 5.74) is 1.11. The van der Waals surface area contributed by atoms with Crippen molar-refractivity contribution in [3.63, 3.8) is 0 Å². The molecule has 2 aromatic carbocycles. The minimum Gasteiger partial charge on any atom is -0.497 e. The van der Waals surface area contributed by atoms with Crippen molar-refractivity contribution in [1.82, 2.24) is 0 Å². The molecule has 144 valence electrons. The van der Waals surface area contributed by atoms with Gasteiger partial charge in [-0.2, -0.15) is 8.78 Å². The predicted molar refractivity (Wildman–Crippen MR) is 94.8 cm³/mol. The third kappa shape index (κ3) is 6.46. The number of hydrogen-bond acceptors (Lipinski definition) is 6. The van der Waals surface area contributed by atoms with Crippen molar-refractivity contribution in [2.45, 2.75) is 6.61 Å². The molecule has 1 N–H and O–H groups in total. The SMILES string of the molecule is COc1ccc(NC(=O)CO/N=C/c2ccc(OC(F)F)c(OC)c2)cc1. The zero-order valence-corrected chi connectivity index (χ0v) is 14.6. The Hall–Kier alpha value is -3.36. The van der Waals surface area contributed by atoms with Gasteiger partial charge in [-0.3, -0.25) is 4.79 Å². The summed E-state index contributed by atoms with van der Waals surface area (Å²) in [5.74, 6) is 0.311. The minimum atomic E-state index is -2.95. The van der Waals surface area contributed by atoms with Crippen LogP contribution in [-0.2, 0) is 9.63 Å². The van der Waals surface area contributed by atoms with E-state index < -0.39 is 12.5 Å². The van der Waals surface area contributed by atoms with Gasteiger partial charge < -0.3 is 24.4 Å². The molecule has 0 atom stereocenters. The Morgan fingerprint density at radius 1 is 1.11 bits per heavy atom. The topological polar surface area (TPSA) is 78.4 Å². The zero-order valence-electron chi connectivity index (χ0n) is 14.6. The standard InChI is InChI=1S/C18H18F2N2O5/c1-24-14-6-4-13(5-7-14)22-17(23)11-26-21-10-12-3-8-15(27-18(19)20)16(9-12)25-2/h3-10,18H,11H2,1-2H3,(H,22,23)/b21-10+. The summed E-state index contributed by atoms with van der Waals surface area (Å²) >= 11 is 0. The fourth-order valence-corrected chi connectivity index (χ4v) is 2.02. The van der Waals surface area contributed by atoms with Gasteiger partial charge in [0.25, 0.3) is 5.91 Å². The molecule has 0 radical (unpaired) electrons. The molecule has 0 aliphatic heterocycles. The van der Waals surface area contributed by atoms with Gasteiger partial charge in [-0.25, -0.2) is 0 Å². The summed E-state index contributed by atoms with van der Waals surface area (Å²) in [5, 5.41) is 6.30. The van der Waals surface area contributed by atoms with E-state index in [1.807, 2.05) is 0 Å². The van der Waals surface area contributed by atoms with Crippen molar-refractivity contribution in [2.24, 2.45) is 5.16 Å². The molecule has 0 bridgehead atoms. The average Bonchev–Trinajstić information content (AvgIpc) is 2.66. The molecule has 2 aromatic rings. The number of nitrogens with zero attached hydrogens (tertiary/aromatic N) is 1. The van der Waals surface area contributed by atoms with Gasteiger partial charge >= 0.3 is 6.61 Å². The van der Waals surface area contributed by atoms with Crippen LogP contribution in [0.1, 0.15) is 5.56 Å². The van der Waals surface area contributed by atoms with Gasteiger partial charge in [-0.05, 0) is 42.5 Å². The first-order valence-electron chi connectivity index (χ1n) is 7.74. The number of amides is 1. The number of alkyl halides is 2. The molecular weight excluding hydrogens is 362 g/mol. The molecule has 0 unspecified atom stereocenters. The Labute approximate surface area is 154 Å². The normalized spacial score (nSPS) is 10.7. The Morgan fingerprint density at radius 2 is 1.85 bits per heavy atom. The van der Waals surface area contributed by atoms with E-state index >= 15 is 0 Å². The monoisotopic (exact) mass is 380 g/mol. The smallest absolute Gasteiger partial charge is 0.387 e. The van der Waals surface area contributed by atoms with Gasteiger partial charge in [0.15, 0.2) is 18.1 Å². The molecule has 2 rings (SSSR count). The number of carbonyl (C=O) groups is 1. The van der Waals surface area contributed by atoms with E-state index in [2.05, 4.69) is 15.2 Å². The number of carbonyl (C=O) groups excluding carboxylic acids is 1. The van der Waals surface area contributed by atoms with Gasteiger partial charge in [0.1, 0.15) is 5.75 Å². The number of rotatable bonds is 9. The van der Waals surface area contributed by atoms with E-state index in [0.717, 1.165) is 0 Å². The number of anilines is 1. The summed E-state index contributed by atoms with van der Waals surface area (Å²) in [6, 6.07) is 11.1. The van der Waals surface area contributed by atoms with Crippen LogP contribution in [0.5, 0.6) is 17.2 Å². The highest BCUT2D eigenvalue weighted by molar-refractivity contribution is 5.91. The summed E-state index contributed by atoms with van der Waals surface area (Å²) in [6.45, 7) is -3.25. The van der Waals surface area contributed by atoms with Crippen LogP contribution in [0.2, 0.25) is 0 Å². The number of halogens is 2. The van der Waals surface area contributed by atoms with Gasteiger partial charge in [-0.1, -0.05) is 5.16 Å². The second kappa shape index (κ2) is 9.95. The van der Waals surface area contributed by atoms with Crippen LogP contribution in [0, 0.1) is 0 Å². The lowest BCUT2D eigenvalue weighted by atomic mass is 10.2. The molecule has 1 amide bonds. The largest absolute Gasteiger partial charge is 0.497 e. The number of ether oxygens (including phenoxy) is 3. The fraction of sp³-hybridized carbons (Fsp3) is 0.222. The third-order valence-electron chi connectivity index (χ3n) is 3.25. The maximum atomic E-state index is 12.3. The van der Waals surface area contributed by atoms with Crippen LogP contribution in [0.3, 0.4) is 0 Å². The maximum absolute atomic E-state index is 12.3. The molecule has 0 aliphatic carbocycles. The van der Waals surface area contributed by atoms with Crippen LogP contribution in [0.25, 0.3) is 0 Å². The van der Waals surface area contributed by atoms with E-state index in [0.29, 0.717) is 17.0 Å². The summed E-state index contributed by atoms with van der Waals surface area (Å²) in [7, 11) is 2.88. The van der Waals surface area contributed by atoms with Gasteiger partial charge in [-0.15, -0.1) is 0 Å². The van der Waals surface area contributed by atoms with Crippen molar-refractivity contribution in [1.29, 1.82) is 0 Å². The first-order chi connectivity index (χ1) is 13.0. The molecule has 27 heavy (non-hydrogen) atoms. The van der Waals surface area contributed by atoms with Crippen LogP contribution in [0.4, 0.5) is 14.5 Å². The first kappa shape index (κ1) is 20.0. The third-order valence-corrected chi connectivity index (χ3v) is 3.25. The lowest BCUT2D eigenvalue weighted by Gasteiger charge is -2.09. The van der Waals surface area contributed by atoms with Gasteiger partial charge in [0, 0.05) is 11.3 Å². The lowest BCUT2D eigenvalue weighted by molar-refractivity contribution is -0.120. The second-order valence-electron chi connectivity index (χ2n) is 5.07. The molecule has 0 saturated carbocycles. The van der Waals surface area contributed by atoms with E-state index in [1.54, 1.807) is 31.4 Å². The molecule has 9 heteroatoms. The molecular formula is C18H18F2N2O5. The quantitative estimate of drug-likeness (QED) is 0.534. The highest BCUT2D eigenvalue weighted by Crippen LogP contribution is 2.28. The van der Waals surface area contributed by atoms with Gasteiger partial charge in [0.05, 0.1) is 20.4 Å². The summed E-state index contributed by atoms with van der Waals surface area (Å²) in [6.07, 6.45) is 1.31. The van der Waals surface area contributed by atoms with E-state index in [9.17, 15) is 13.6 Å². The first-order valence-corrected chi connectivity index (χ1v) is 7.74. The number of oxime groups is 1. The van der Waals surface area contributed by atoms with Crippen molar-refractivity contribution in [3.05, 3.63) is 48.0 Å². The highest BCUT2D eigenvalue weighted by atomic mass is 19.3. The summed E-state index contributed by atoms with van der Waals surface area (Å²) in [4.78, 5) is 16.7. The predicted octanol–water partition coefficient (Wildman–Crippen LogP) is 3.29. The van der Waals surface area contributed by atoms with Crippen molar-refractivity contribution in [3.8, 4) is 17.2 Å². The fourth-order valence-electron chi connectivity index (χ4n) is 2.02. The molecule has 0 spiro atoms. The number of nitrogens with one attached hydrogen (secondary N) is 1. The van der Waals surface area contributed by atoms with Crippen LogP contribution in [0.15, 0.2) is 47.6 Å². The molecule has 0 aliphatic rings. The molecule has 0 saturated heterocycles. The Bertz CT molecular complexity index is 782. The number of methoxy groups -OCH3 is 2. The number of hydrogen-bond donors (Lipinski definition) is 1. The zero-order chi connectivity index (χ0) is 19.6. The minimum absolute atomic E-state index is 0.0931. The maximum Gasteiger partial charge on any atom is 0.387 e. The lowest BCUT2D eigenvalue weighted by Crippen LogP contribution is -2.16. The molecule has 0 heterocycles. The van der Waals surface area contributed by atoms with Crippen molar-refractivity contribution >= 4 is 17.8 Å². The number of benzene rings is 2. The summed E-state index contributed by atoms with van der Waals surface area (Å²) < 4.78 is 38.9.